The lowest BCUT2D eigenvalue weighted by Gasteiger charge is -2.33. The maximum absolute atomic E-state index is 13.6. The van der Waals surface area contributed by atoms with E-state index < -0.39 is 23.2 Å². The van der Waals surface area contributed by atoms with Crippen LogP contribution in [0.4, 0.5) is 19.1 Å². The second kappa shape index (κ2) is 8.95. The zero-order valence-corrected chi connectivity index (χ0v) is 19.8. The van der Waals surface area contributed by atoms with Crippen molar-refractivity contribution in [2.24, 2.45) is 0 Å². The van der Waals surface area contributed by atoms with E-state index in [1.54, 1.807) is 30.2 Å². The average Bonchev–Trinajstić information content (AvgIpc) is 3.29. The van der Waals surface area contributed by atoms with Gasteiger partial charge in [0.1, 0.15) is 5.01 Å². The van der Waals surface area contributed by atoms with E-state index in [1.807, 2.05) is 19.9 Å². The fourth-order valence-electron chi connectivity index (χ4n) is 3.85. The van der Waals surface area contributed by atoms with Crippen LogP contribution in [0.2, 0.25) is 0 Å². The van der Waals surface area contributed by atoms with Gasteiger partial charge in [-0.1, -0.05) is 12.1 Å². The van der Waals surface area contributed by atoms with Crippen LogP contribution in [0.3, 0.4) is 0 Å². The smallest absolute Gasteiger partial charge is 0.378 e. The molecule has 1 amide bonds. The predicted octanol–water partition coefficient (Wildman–Crippen LogP) is 4.31. The predicted molar refractivity (Wildman–Crippen MR) is 123 cm³/mol. The lowest BCUT2D eigenvalue weighted by atomic mass is 9.92. The molecule has 0 spiro atoms. The highest BCUT2D eigenvalue weighted by Crippen LogP contribution is 2.39. The summed E-state index contributed by atoms with van der Waals surface area (Å²) in [6.07, 6.45) is -1.94. The monoisotopic (exact) mass is 491 g/mol. The molecule has 180 valence electrons. The quantitative estimate of drug-likeness (QED) is 0.585. The fraction of sp³-hybridized carbons (Fsp3) is 0.391. The average molecular weight is 492 g/mol. The number of thiazole rings is 1. The molecule has 1 aromatic carbocycles. The summed E-state index contributed by atoms with van der Waals surface area (Å²) in [7, 11) is 0. The summed E-state index contributed by atoms with van der Waals surface area (Å²) in [5.74, 6) is -0.473. The summed E-state index contributed by atoms with van der Waals surface area (Å²) in [6.45, 7) is 7.54. The maximum Gasteiger partial charge on any atom is 0.434 e. The summed E-state index contributed by atoms with van der Waals surface area (Å²) in [6, 6.07) is 5.15. The highest BCUT2D eigenvalue weighted by molar-refractivity contribution is 7.15. The van der Waals surface area contributed by atoms with Crippen LogP contribution in [0.5, 0.6) is 0 Å². The van der Waals surface area contributed by atoms with Gasteiger partial charge in [-0.3, -0.25) is 4.79 Å². The topological polar surface area (TPSA) is 94.2 Å². The van der Waals surface area contributed by atoms with Gasteiger partial charge in [0.15, 0.2) is 5.69 Å². The third kappa shape index (κ3) is 4.76. The lowest BCUT2D eigenvalue weighted by molar-refractivity contribution is -0.141. The van der Waals surface area contributed by atoms with Gasteiger partial charge in [-0.2, -0.15) is 13.2 Å². The summed E-state index contributed by atoms with van der Waals surface area (Å²) in [4.78, 5) is 27.3. The molecule has 0 radical (unpaired) electrons. The van der Waals surface area contributed by atoms with Crippen LogP contribution in [0.25, 0.3) is 21.6 Å². The minimum atomic E-state index is -4.68. The number of halogens is 3. The van der Waals surface area contributed by atoms with Crippen molar-refractivity contribution in [2.75, 3.05) is 32.0 Å². The Balaban J connectivity index is 1.70. The maximum atomic E-state index is 13.6. The molecule has 34 heavy (non-hydrogen) atoms. The van der Waals surface area contributed by atoms with E-state index in [0.29, 0.717) is 42.4 Å². The van der Waals surface area contributed by atoms with Crippen molar-refractivity contribution in [3.05, 3.63) is 46.9 Å². The molecular formula is C23H24F3N5O2S. The number of amides is 1. The van der Waals surface area contributed by atoms with Crippen molar-refractivity contribution in [3.63, 3.8) is 0 Å². The molecule has 0 bridgehead atoms. The van der Waals surface area contributed by atoms with Gasteiger partial charge < -0.3 is 15.4 Å². The summed E-state index contributed by atoms with van der Waals surface area (Å²) < 4.78 is 46.1. The number of hydrogen-bond donors (Lipinski definition) is 1. The van der Waals surface area contributed by atoms with Crippen molar-refractivity contribution in [3.8, 4) is 21.6 Å². The molecule has 1 saturated heterocycles. The Kier molecular flexibility index (Phi) is 6.34. The van der Waals surface area contributed by atoms with Crippen LogP contribution in [-0.4, -0.2) is 52.1 Å². The number of carbonyl (C=O) groups is 1. The van der Waals surface area contributed by atoms with Gasteiger partial charge in [-0.15, -0.1) is 11.3 Å². The SMILES string of the molecule is Cc1cc(-c2cnc(C(C)(C)C(=O)N3CCOCC3)s2)cc(-c2cnc(N)nc2C(F)(F)F)c1. The zero-order chi connectivity index (χ0) is 24.7. The molecule has 2 N–H and O–H groups in total. The molecule has 2 aromatic heterocycles. The second-order valence-corrected chi connectivity index (χ2v) is 9.67. The van der Waals surface area contributed by atoms with Crippen molar-refractivity contribution < 1.29 is 22.7 Å². The van der Waals surface area contributed by atoms with Crippen LogP contribution in [-0.2, 0) is 21.1 Å². The summed E-state index contributed by atoms with van der Waals surface area (Å²) in [5.41, 5.74) is 5.10. The number of alkyl halides is 3. The van der Waals surface area contributed by atoms with E-state index >= 15 is 0 Å². The lowest BCUT2D eigenvalue weighted by Crippen LogP contribution is -2.48. The number of nitrogens with zero attached hydrogens (tertiary/aromatic N) is 4. The van der Waals surface area contributed by atoms with Crippen LogP contribution >= 0.6 is 11.3 Å². The van der Waals surface area contributed by atoms with Crippen LogP contribution in [0.15, 0.2) is 30.6 Å². The third-order valence-corrected chi connectivity index (χ3v) is 6.99. The highest BCUT2D eigenvalue weighted by Gasteiger charge is 2.38. The zero-order valence-electron chi connectivity index (χ0n) is 18.9. The Bertz CT molecular complexity index is 1220. The van der Waals surface area contributed by atoms with E-state index in [2.05, 4.69) is 15.0 Å². The standard InChI is InChI=1S/C23H24F3N5O2S/c1-13-8-14(16-11-29-21(27)30-18(16)23(24,25)26)10-15(9-13)17-12-28-19(34-17)22(2,3)20(32)31-4-6-33-7-5-31/h8-12H,4-7H2,1-3H3,(H2,27,29,30). The van der Waals surface area contributed by atoms with Crippen molar-refractivity contribution in [2.45, 2.75) is 32.4 Å². The first-order chi connectivity index (χ1) is 16.0. The van der Waals surface area contributed by atoms with Crippen LogP contribution in [0.1, 0.15) is 30.1 Å². The van der Waals surface area contributed by atoms with E-state index in [1.165, 1.54) is 11.3 Å². The number of morpholine rings is 1. The normalized spacial score (nSPS) is 14.9. The second-order valence-electron chi connectivity index (χ2n) is 8.64. The molecule has 3 heterocycles. The minimum absolute atomic E-state index is 0.0320. The van der Waals surface area contributed by atoms with Crippen LogP contribution in [0, 0.1) is 6.92 Å². The minimum Gasteiger partial charge on any atom is -0.378 e. The van der Waals surface area contributed by atoms with Gasteiger partial charge in [0.25, 0.3) is 0 Å². The summed E-state index contributed by atoms with van der Waals surface area (Å²) in [5, 5.41) is 0.633. The van der Waals surface area contributed by atoms with Gasteiger partial charge in [-0.25, -0.2) is 15.0 Å². The molecule has 1 aliphatic heterocycles. The number of anilines is 1. The first-order valence-corrected chi connectivity index (χ1v) is 11.4. The molecule has 0 unspecified atom stereocenters. The Morgan fingerprint density at radius 2 is 1.76 bits per heavy atom. The number of rotatable bonds is 4. The first kappa shape index (κ1) is 24.1. The van der Waals surface area contributed by atoms with Crippen molar-refractivity contribution in [1.82, 2.24) is 19.9 Å². The van der Waals surface area contributed by atoms with Gasteiger partial charge in [0, 0.05) is 31.0 Å². The fourth-order valence-corrected chi connectivity index (χ4v) is 4.85. The highest BCUT2D eigenvalue weighted by atomic mass is 32.1. The molecule has 3 aromatic rings. The van der Waals surface area contributed by atoms with E-state index in [9.17, 15) is 18.0 Å². The molecule has 1 aliphatic rings. The largest absolute Gasteiger partial charge is 0.434 e. The molecule has 7 nitrogen and oxygen atoms in total. The Labute approximate surface area is 198 Å². The molecular weight excluding hydrogens is 467 g/mol. The number of nitrogens with two attached hydrogens (primary N) is 1. The molecule has 1 fully saturated rings. The number of ether oxygens (including phenoxy) is 1. The number of hydrogen-bond acceptors (Lipinski definition) is 7. The summed E-state index contributed by atoms with van der Waals surface area (Å²) >= 11 is 1.35. The Morgan fingerprint density at radius 3 is 2.44 bits per heavy atom. The van der Waals surface area contributed by atoms with Gasteiger partial charge in [0.2, 0.25) is 11.9 Å². The molecule has 0 atom stereocenters. The molecule has 0 saturated carbocycles. The number of carbonyl (C=O) groups excluding carboxylic acids is 1. The van der Waals surface area contributed by atoms with Crippen molar-refractivity contribution in [1.29, 1.82) is 0 Å². The van der Waals surface area contributed by atoms with Gasteiger partial charge in [0.05, 0.1) is 23.5 Å². The van der Waals surface area contributed by atoms with Gasteiger partial charge >= 0.3 is 6.18 Å². The Morgan fingerprint density at radius 1 is 1.09 bits per heavy atom. The molecule has 0 aliphatic carbocycles. The molecule has 11 heteroatoms. The number of aromatic nitrogens is 3. The van der Waals surface area contributed by atoms with Crippen molar-refractivity contribution >= 4 is 23.2 Å². The third-order valence-electron chi connectivity index (χ3n) is 5.62. The first-order valence-electron chi connectivity index (χ1n) is 10.6. The number of aryl methyl sites for hydroxylation is 1. The van der Waals surface area contributed by atoms with E-state index in [4.69, 9.17) is 10.5 Å². The Hall–Kier alpha value is -3.05. The van der Waals surface area contributed by atoms with Gasteiger partial charge in [-0.05, 0) is 43.5 Å². The number of nitrogen functional groups attached to an aromatic ring is 1. The number of benzene rings is 1. The van der Waals surface area contributed by atoms with Crippen LogP contribution < -0.4 is 5.73 Å². The van der Waals surface area contributed by atoms with E-state index in [0.717, 1.165) is 16.6 Å². The molecule has 4 rings (SSSR count). The van der Waals surface area contributed by atoms with E-state index in [-0.39, 0.29) is 11.5 Å².